The molecule has 0 atom stereocenters. The van der Waals surface area contributed by atoms with E-state index in [0.717, 1.165) is 23.3 Å². The summed E-state index contributed by atoms with van der Waals surface area (Å²) < 4.78 is 39.7. The number of nitriles is 1. The lowest BCUT2D eigenvalue weighted by Crippen LogP contribution is -2.14. The number of sulfonamides is 1. The Hall–Kier alpha value is -2.65. The van der Waals surface area contributed by atoms with E-state index in [1.54, 1.807) is 18.2 Å². The van der Waals surface area contributed by atoms with Crippen LogP contribution in [0.25, 0.3) is 6.08 Å². The number of hydrogen-bond acceptors (Lipinski definition) is 3. The zero-order valence-electron chi connectivity index (χ0n) is 12.7. The van der Waals surface area contributed by atoms with Gasteiger partial charge in [0.2, 0.25) is 0 Å². The Labute approximate surface area is 134 Å². The molecule has 0 aliphatic heterocycles. The number of aryl methyl sites for hydroxylation is 2. The zero-order valence-corrected chi connectivity index (χ0v) is 13.5. The lowest BCUT2D eigenvalue weighted by Gasteiger charge is -2.07. The monoisotopic (exact) mass is 330 g/mol. The lowest BCUT2D eigenvalue weighted by molar-refractivity contribution is 0.608. The van der Waals surface area contributed by atoms with Crippen LogP contribution in [-0.4, -0.2) is 8.42 Å². The van der Waals surface area contributed by atoms with Gasteiger partial charge in [0.15, 0.2) is 4.91 Å². The van der Waals surface area contributed by atoms with Gasteiger partial charge in [0.25, 0.3) is 10.0 Å². The molecule has 0 saturated heterocycles. The van der Waals surface area contributed by atoms with E-state index in [2.05, 4.69) is 4.72 Å². The minimum absolute atomic E-state index is 0.188. The van der Waals surface area contributed by atoms with Crippen LogP contribution in [0.15, 0.2) is 47.4 Å². The average molecular weight is 330 g/mol. The highest BCUT2D eigenvalue weighted by Gasteiger charge is 2.17. The summed E-state index contributed by atoms with van der Waals surface area (Å²) in [6.45, 7) is 3.85. The van der Waals surface area contributed by atoms with Crippen LogP contribution < -0.4 is 4.72 Å². The molecule has 0 saturated carbocycles. The fraction of sp³-hybridized carbons (Fsp3) is 0.118. The van der Waals surface area contributed by atoms with E-state index in [1.165, 1.54) is 18.2 Å². The number of nitrogens with one attached hydrogen (secondary N) is 1. The summed E-state index contributed by atoms with van der Waals surface area (Å²) in [7, 11) is -4.03. The van der Waals surface area contributed by atoms with E-state index in [1.807, 2.05) is 19.9 Å². The second kappa shape index (κ2) is 6.63. The molecule has 0 spiro atoms. The Kier molecular flexibility index (Phi) is 4.82. The first-order chi connectivity index (χ1) is 10.8. The maximum Gasteiger partial charge on any atom is 0.272 e. The van der Waals surface area contributed by atoms with Crippen molar-refractivity contribution in [3.8, 4) is 6.07 Å². The highest BCUT2D eigenvalue weighted by molar-refractivity contribution is 7.96. The third-order valence-corrected chi connectivity index (χ3v) is 4.62. The molecule has 118 valence electrons. The fourth-order valence-corrected chi connectivity index (χ4v) is 2.87. The first-order valence-corrected chi connectivity index (χ1v) is 8.27. The summed E-state index contributed by atoms with van der Waals surface area (Å²) in [5.74, 6) is -0.473. The van der Waals surface area contributed by atoms with Crippen molar-refractivity contribution >= 4 is 21.8 Å². The molecule has 2 rings (SSSR count). The predicted octanol–water partition coefficient (Wildman–Crippen LogP) is 3.75. The number of anilines is 1. The van der Waals surface area contributed by atoms with E-state index < -0.39 is 20.7 Å². The molecule has 0 fully saturated rings. The maximum absolute atomic E-state index is 12.9. The Balaban J connectivity index is 2.34. The summed E-state index contributed by atoms with van der Waals surface area (Å²) in [4.78, 5) is -0.412. The summed E-state index contributed by atoms with van der Waals surface area (Å²) in [6.07, 6.45) is 1.30. The molecule has 0 amide bonds. The number of allylic oxidation sites excluding steroid dienone is 1. The predicted molar refractivity (Wildman–Crippen MR) is 88.4 cm³/mol. The first-order valence-electron chi connectivity index (χ1n) is 6.79. The van der Waals surface area contributed by atoms with E-state index in [4.69, 9.17) is 0 Å². The lowest BCUT2D eigenvalue weighted by atomic mass is 10.1. The molecule has 0 radical (unpaired) electrons. The molecule has 0 unspecified atom stereocenters. The van der Waals surface area contributed by atoms with E-state index >= 15 is 0 Å². The van der Waals surface area contributed by atoms with Crippen LogP contribution in [0.1, 0.15) is 16.7 Å². The van der Waals surface area contributed by atoms with Gasteiger partial charge in [-0.3, -0.25) is 4.72 Å². The Bertz CT molecular complexity index is 895. The third kappa shape index (κ3) is 4.18. The van der Waals surface area contributed by atoms with Gasteiger partial charge in [-0.05, 0) is 60.9 Å². The highest BCUT2D eigenvalue weighted by Crippen LogP contribution is 2.18. The summed E-state index contributed by atoms with van der Waals surface area (Å²) in [5.41, 5.74) is 2.88. The number of rotatable bonds is 4. The molecular weight excluding hydrogens is 315 g/mol. The van der Waals surface area contributed by atoms with Gasteiger partial charge >= 0.3 is 0 Å². The maximum atomic E-state index is 12.9. The van der Waals surface area contributed by atoms with Gasteiger partial charge in [-0.25, -0.2) is 12.8 Å². The highest BCUT2D eigenvalue weighted by atomic mass is 32.2. The Morgan fingerprint density at radius 2 is 1.78 bits per heavy atom. The zero-order chi connectivity index (χ0) is 17.0. The Morgan fingerprint density at radius 3 is 2.35 bits per heavy atom. The molecular formula is C17H15FN2O2S. The molecule has 23 heavy (non-hydrogen) atoms. The molecule has 0 aliphatic rings. The van der Waals surface area contributed by atoms with Crippen molar-refractivity contribution in [1.29, 1.82) is 5.26 Å². The van der Waals surface area contributed by atoms with Gasteiger partial charge in [0, 0.05) is 5.69 Å². The van der Waals surface area contributed by atoms with E-state index in [9.17, 15) is 18.1 Å². The third-order valence-electron chi connectivity index (χ3n) is 3.32. The van der Waals surface area contributed by atoms with Crippen molar-refractivity contribution in [3.05, 3.63) is 69.9 Å². The summed E-state index contributed by atoms with van der Waals surface area (Å²) >= 11 is 0. The normalized spacial score (nSPS) is 11.8. The van der Waals surface area contributed by atoms with Crippen molar-refractivity contribution in [2.24, 2.45) is 0 Å². The molecule has 2 aromatic rings. The van der Waals surface area contributed by atoms with Crippen LogP contribution >= 0.6 is 0 Å². The molecule has 1 N–H and O–H groups in total. The van der Waals surface area contributed by atoms with Gasteiger partial charge < -0.3 is 0 Å². The van der Waals surface area contributed by atoms with Crippen LogP contribution in [0.2, 0.25) is 0 Å². The van der Waals surface area contributed by atoms with Crippen molar-refractivity contribution < 1.29 is 12.8 Å². The second-order valence-electron chi connectivity index (χ2n) is 5.08. The molecule has 0 aliphatic carbocycles. The number of nitrogens with zero attached hydrogens (tertiary/aromatic N) is 1. The van der Waals surface area contributed by atoms with Crippen molar-refractivity contribution in [2.75, 3.05) is 4.72 Å². The molecule has 0 aromatic heterocycles. The number of halogens is 1. The largest absolute Gasteiger partial charge is 0.279 e. The standard InChI is InChI=1S/C17H15FN2O2S/c1-12-3-4-14(9-13(12)2)10-17(11-19)23(21,22)20-16-7-5-15(18)6-8-16/h3-10,20H,1-2H3. The van der Waals surface area contributed by atoms with Crippen LogP contribution in [0.5, 0.6) is 0 Å². The first kappa shape index (κ1) is 16.7. The quantitative estimate of drug-likeness (QED) is 0.868. The van der Waals surface area contributed by atoms with Gasteiger partial charge in [-0.1, -0.05) is 18.2 Å². The molecule has 4 nitrogen and oxygen atoms in total. The van der Waals surface area contributed by atoms with Crippen LogP contribution in [0.3, 0.4) is 0 Å². The minimum Gasteiger partial charge on any atom is -0.279 e. The van der Waals surface area contributed by atoms with Crippen molar-refractivity contribution in [1.82, 2.24) is 0 Å². The van der Waals surface area contributed by atoms with Crippen molar-refractivity contribution in [3.63, 3.8) is 0 Å². The number of hydrogen-bond donors (Lipinski definition) is 1. The second-order valence-corrected chi connectivity index (χ2v) is 6.73. The van der Waals surface area contributed by atoms with Crippen molar-refractivity contribution in [2.45, 2.75) is 13.8 Å². The smallest absolute Gasteiger partial charge is 0.272 e. The average Bonchev–Trinajstić information content (AvgIpc) is 2.50. The summed E-state index contributed by atoms with van der Waals surface area (Å²) in [5, 5.41) is 9.17. The van der Waals surface area contributed by atoms with Crippen LogP contribution in [-0.2, 0) is 10.0 Å². The van der Waals surface area contributed by atoms with E-state index in [-0.39, 0.29) is 5.69 Å². The molecule has 6 heteroatoms. The summed E-state index contributed by atoms with van der Waals surface area (Å²) in [6, 6.07) is 12.0. The Morgan fingerprint density at radius 1 is 1.13 bits per heavy atom. The van der Waals surface area contributed by atoms with E-state index in [0.29, 0.717) is 5.56 Å². The van der Waals surface area contributed by atoms with Gasteiger partial charge in [0.1, 0.15) is 11.9 Å². The molecule has 2 aromatic carbocycles. The topological polar surface area (TPSA) is 70.0 Å². The van der Waals surface area contributed by atoms with Crippen LogP contribution in [0, 0.1) is 31.0 Å². The molecule has 0 bridgehead atoms. The minimum atomic E-state index is -4.03. The fourth-order valence-electron chi connectivity index (χ4n) is 1.90. The van der Waals surface area contributed by atoms with Gasteiger partial charge in [-0.2, -0.15) is 5.26 Å². The van der Waals surface area contributed by atoms with Gasteiger partial charge in [0.05, 0.1) is 0 Å². The number of benzene rings is 2. The van der Waals surface area contributed by atoms with Gasteiger partial charge in [-0.15, -0.1) is 0 Å². The molecule has 0 heterocycles. The SMILES string of the molecule is Cc1ccc(C=C(C#N)S(=O)(=O)Nc2ccc(F)cc2)cc1C. The van der Waals surface area contributed by atoms with Crippen LogP contribution in [0.4, 0.5) is 10.1 Å².